The highest BCUT2D eigenvalue weighted by Crippen LogP contribution is 2.21. The fourth-order valence-corrected chi connectivity index (χ4v) is 3.42. The standard InChI is InChI=1S/C19H23N5O3/c1-2-15-6-3-4-7-16(15)21-18(25)14-22-10-12-23(13-11-22)19-17(24(26)27)8-5-9-20-19/h3-9H,2,10-14H2,1H3,(H,21,25)/p+2. The highest BCUT2D eigenvalue weighted by Gasteiger charge is 2.33. The van der Waals surface area contributed by atoms with Crippen LogP contribution in [0, 0.1) is 10.1 Å². The molecule has 0 spiro atoms. The zero-order chi connectivity index (χ0) is 19.2. The van der Waals surface area contributed by atoms with Crippen molar-refractivity contribution >= 4 is 23.1 Å². The van der Waals surface area contributed by atoms with Crippen LogP contribution in [0.1, 0.15) is 12.5 Å². The van der Waals surface area contributed by atoms with Gasteiger partial charge in [-0.1, -0.05) is 25.1 Å². The lowest BCUT2D eigenvalue weighted by Gasteiger charge is -2.27. The van der Waals surface area contributed by atoms with E-state index in [0.717, 1.165) is 30.8 Å². The second-order valence-corrected chi connectivity index (χ2v) is 6.63. The summed E-state index contributed by atoms with van der Waals surface area (Å²) in [5.41, 5.74) is 2.07. The Balaban J connectivity index is 1.55. The van der Waals surface area contributed by atoms with Gasteiger partial charge in [0.1, 0.15) is 26.2 Å². The van der Waals surface area contributed by atoms with Crippen molar-refractivity contribution in [1.82, 2.24) is 0 Å². The van der Waals surface area contributed by atoms with E-state index >= 15 is 0 Å². The molecule has 1 aromatic heterocycles. The summed E-state index contributed by atoms with van der Waals surface area (Å²) in [5.74, 6) is 0.527. The minimum absolute atomic E-state index is 0.00314. The molecule has 8 nitrogen and oxygen atoms in total. The molecule has 27 heavy (non-hydrogen) atoms. The number of hydrogen-bond donors (Lipinski definition) is 2. The predicted molar refractivity (Wildman–Crippen MR) is 102 cm³/mol. The number of nitrogens with zero attached hydrogens (tertiary/aromatic N) is 2. The number of pyridine rings is 1. The average Bonchev–Trinajstić information content (AvgIpc) is 2.69. The van der Waals surface area contributed by atoms with Gasteiger partial charge in [0.15, 0.2) is 6.54 Å². The number of rotatable bonds is 6. The van der Waals surface area contributed by atoms with E-state index < -0.39 is 0 Å². The largest absolute Gasteiger partial charge is 0.357 e. The first-order chi connectivity index (χ1) is 13.1. The van der Waals surface area contributed by atoms with E-state index in [1.807, 2.05) is 29.2 Å². The van der Waals surface area contributed by atoms with E-state index in [-0.39, 0.29) is 16.5 Å². The first-order valence-electron chi connectivity index (χ1n) is 9.20. The number of quaternary nitrogens is 1. The number of carbonyl (C=O) groups excluding carboxylic acids is 1. The van der Waals surface area contributed by atoms with Crippen LogP contribution in [0.25, 0.3) is 0 Å². The Labute approximate surface area is 158 Å². The lowest BCUT2D eigenvalue weighted by atomic mass is 10.1. The van der Waals surface area contributed by atoms with Gasteiger partial charge in [-0.05, 0) is 24.1 Å². The maximum absolute atomic E-state index is 12.4. The molecule has 1 fully saturated rings. The van der Waals surface area contributed by atoms with Crippen molar-refractivity contribution in [2.45, 2.75) is 13.3 Å². The van der Waals surface area contributed by atoms with Gasteiger partial charge in [-0.25, -0.2) is 9.88 Å². The summed E-state index contributed by atoms with van der Waals surface area (Å²) in [6, 6.07) is 11.0. The number of hydrogen-bond acceptors (Lipinski definition) is 4. The van der Waals surface area contributed by atoms with Crippen LogP contribution in [-0.4, -0.2) is 43.6 Å². The fourth-order valence-electron chi connectivity index (χ4n) is 3.42. The van der Waals surface area contributed by atoms with Crippen molar-refractivity contribution in [2.75, 3.05) is 42.9 Å². The van der Waals surface area contributed by atoms with Crippen molar-refractivity contribution in [3.05, 3.63) is 58.3 Å². The van der Waals surface area contributed by atoms with E-state index in [4.69, 9.17) is 0 Å². The number of aromatic amines is 1. The number of aromatic nitrogens is 1. The topological polar surface area (TPSA) is 94.1 Å². The molecule has 1 amide bonds. The molecule has 0 bridgehead atoms. The summed E-state index contributed by atoms with van der Waals surface area (Å²) in [6.07, 6.45) is 2.56. The van der Waals surface area contributed by atoms with Gasteiger partial charge in [-0.3, -0.25) is 14.9 Å². The van der Waals surface area contributed by atoms with Gasteiger partial charge in [0.25, 0.3) is 5.91 Å². The molecule has 142 valence electrons. The Bertz CT molecular complexity index is 818. The molecule has 0 unspecified atom stereocenters. The Morgan fingerprint density at radius 1 is 1.26 bits per heavy atom. The number of nitro groups is 1. The molecule has 1 saturated heterocycles. The lowest BCUT2D eigenvalue weighted by molar-refractivity contribution is -0.892. The zero-order valence-electron chi connectivity index (χ0n) is 15.4. The van der Waals surface area contributed by atoms with Crippen molar-refractivity contribution in [3.8, 4) is 0 Å². The summed E-state index contributed by atoms with van der Waals surface area (Å²) >= 11 is 0. The van der Waals surface area contributed by atoms with Gasteiger partial charge < -0.3 is 10.2 Å². The van der Waals surface area contributed by atoms with E-state index in [2.05, 4.69) is 17.2 Å². The van der Waals surface area contributed by atoms with Crippen LogP contribution in [-0.2, 0) is 11.2 Å². The van der Waals surface area contributed by atoms with E-state index in [0.29, 0.717) is 25.5 Å². The molecule has 1 aliphatic rings. The molecule has 3 N–H and O–H groups in total. The quantitative estimate of drug-likeness (QED) is 0.565. The predicted octanol–water partition coefficient (Wildman–Crippen LogP) is 0.315. The molecule has 2 heterocycles. The Morgan fingerprint density at radius 2 is 2.00 bits per heavy atom. The second kappa shape index (κ2) is 8.59. The molecule has 0 radical (unpaired) electrons. The molecular formula is C19H25N5O3+2. The zero-order valence-corrected chi connectivity index (χ0v) is 15.4. The van der Waals surface area contributed by atoms with Crippen molar-refractivity contribution in [2.24, 2.45) is 0 Å². The van der Waals surface area contributed by atoms with Crippen LogP contribution in [0.3, 0.4) is 0 Å². The van der Waals surface area contributed by atoms with E-state index in [9.17, 15) is 14.9 Å². The molecule has 3 rings (SSSR count). The molecular weight excluding hydrogens is 346 g/mol. The molecule has 2 aromatic rings. The first-order valence-corrected chi connectivity index (χ1v) is 9.20. The average molecular weight is 371 g/mol. The number of H-pyrrole nitrogens is 1. The fraction of sp³-hybridized carbons (Fsp3) is 0.368. The summed E-state index contributed by atoms with van der Waals surface area (Å²) in [5, 5.41) is 14.2. The maximum atomic E-state index is 12.4. The highest BCUT2D eigenvalue weighted by molar-refractivity contribution is 5.92. The monoisotopic (exact) mass is 371 g/mol. The van der Waals surface area contributed by atoms with Crippen molar-refractivity contribution in [1.29, 1.82) is 0 Å². The summed E-state index contributed by atoms with van der Waals surface area (Å²) < 4.78 is 0. The third kappa shape index (κ3) is 4.59. The molecule has 0 saturated carbocycles. The number of benzene rings is 1. The summed E-state index contributed by atoms with van der Waals surface area (Å²) in [4.78, 5) is 29.4. The Kier molecular flexibility index (Phi) is 5.97. The second-order valence-electron chi connectivity index (χ2n) is 6.63. The third-order valence-corrected chi connectivity index (χ3v) is 4.88. The third-order valence-electron chi connectivity index (χ3n) is 4.88. The number of nitrogens with one attached hydrogen (secondary N) is 3. The normalized spacial score (nSPS) is 14.8. The number of anilines is 2. The van der Waals surface area contributed by atoms with Crippen molar-refractivity contribution < 1.29 is 19.6 Å². The van der Waals surface area contributed by atoms with Gasteiger partial charge in [0, 0.05) is 11.8 Å². The number of aryl methyl sites for hydroxylation is 1. The number of carbonyl (C=O) groups is 1. The smallest absolute Gasteiger partial charge is 0.321 e. The van der Waals surface area contributed by atoms with Gasteiger partial charge >= 0.3 is 11.5 Å². The van der Waals surface area contributed by atoms with E-state index in [1.165, 1.54) is 11.0 Å². The maximum Gasteiger partial charge on any atom is 0.357 e. The van der Waals surface area contributed by atoms with E-state index in [1.54, 1.807) is 12.3 Å². The van der Waals surface area contributed by atoms with Gasteiger partial charge in [0.05, 0.1) is 11.1 Å². The molecule has 1 aliphatic heterocycles. The first kappa shape index (κ1) is 18.8. The van der Waals surface area contributed by atoms with Crippen LogP contribution in [0.15, 0.2) is 42.6 Å². The van der Waals surface area contributed by atoms with Crippen LogP contribution >= 0.6 is 0 Å². The van der Waals surface area contributed by atoms with Crippen LogP contribution in [0.2, 0.25) is 0 Å². The van der Waals surface area contributed by atoms with Gasteiger partial charge in [-0.15, -0.1) is 0 Å². The Morgan fingerprint density at radius 3 is 2.70 bits per heavy atom. The summed E-state index contributed by atoms with van der Waals surface area (Å²) in [6.45, 7) is 5.29. The number of amides is 1. The summed E-state index contributed by atoms with van der Waals surface area (Å²) in [7, 11) is 0. The van der Waals surface area contributed by atoms with Crippen LogP contribution in [0.5, 0.6) is 0 Å². The van der Waals surface area contributed by atoms with Gasteiger partial charge in [0.2, 0.25) is 0 Å². The van der Waals surface area contributed by atoms with Crippen LogP contribution < -0.4 is 20.1 Å². The van der Waals surface area contributed by atoms with Gasteiger partial charge in [-0.2, -0.15) is 0 Å². The molecule has 0 aliphatic carbocycles. The molecule has 8 heteroatoms. The Hall–Kier alpha value is -3.00. The van der Waals surface area contributed by atoms with Crippen molar-refractivity contribution in [3.63, 3.8) is 0 Å². The lowest BCUT2D eigenvalue weighted by Crippen LogP contribution is -3.15. The SMILES string of the molecule is CCc1ccccc1NC(=O)C[NH+]1CCN(c2[nH+]cccc2[N+](=O)[O-])CC1. The molecule has 1 aromatic carbocycles. The minimum atomic E-state index is -0.371. The van der Waals surface area contributed by atoms with Crippen LogP contribution in [0.4, 0.5) is 17.2 Å². The number of para-hydroxylation sites is 1. The number of piperazine rings is 1. The molecule has 0 atom stereocenters. The minimum Gasteiger partial charge on any atom is -0.321 e. The highest BCUT2D eigenvalue weighted by atomic mass is 16.6.